The van der Waals surface area contributed by atoms with Gasteiger partial charge >= 0.3 is 17.1 Å². The zero-order valence-corrected chi connectivity index (χ0v) is 9.25. The van der Waals surface area contributed by atoms with Gasteiger partial charge in [-0.05, 0) is 12.8 Å². The van der Waals surface area contributed by atoms with Crippen molar-refractivity contribution in [3.8, 4) is 0 Å². The van der Waals surface area contributed by atoms with E-state index in [-0.39, 0.29) is 41.9 Å². The molecule has 0 aliphatic carbocycles. The second kappa shape index (κ2) is 14.5. The Kier molecular flexibility index (Phi) is 22.6. The number of rotatable bonds is 0. The van der Waals surface area contributed by atoms with Crippen LogP contribution < -0.4 is 41.2 Å². The van der Waals surface area contributed by atoms with Crippen molar-refractivity contribution in [2.45, 2.75) is 25.7 Å². The minimum atomic E-state index is 0. The molecule has 0 spiro atoms. The SMILES string of the molecule is C1CCCNNNCC1.[Cl-].[Cl-].[Cu+2]. The Labute approximate surface area is 97.0 Å². The van der Waals surface area contributed by atoms with Crippen LogP contribution in [-0.4, -0.2) is 13.1 Å². The second-order valence-corrected chi connectivity index (χ2v) is 2.39. The third-order valence-corrected chi connectivity index (χ3v) is 1.53. The van der Waals surface area contributed by atoms with Crippen molar-refractivity contribution in [3.05, 3.63) is 0 Å². The molecule has 1 aliphatic heterocycles. The smallest absolute Gasteiger partial charge is 1.00 e. The molecule has 0 aromatic carbocycles. The van der Waals surface area contributed by atoms with E-state index in [0.29, 0.717) is 0 Å². The summed E-state index contributed by atoms with van der Waals surface area (Å²) >= 11 is 0. The molecule has 1 rings (SSSR count). The molecule has 12 heavy (non-hydrogen) atoms. The summed E-state index contributed by atoms with van der Waals surface area (Å²) in [5, 5.41) is 0. The molecular weight excluding hydrogens is 249 g/mol. The van der Waals surface area contributed by atoms with Gasteiger partial charge in [0.05, 0.1) is 0 Å². The fraction of sp³-hybridized carbons (Fsp3) is 1.00. The van der Waals surface area contributed by atoms with Crippen LogP contribution in [0.25, 0.3) is 0 Å². The molecule has 1 saturated heterocycles. The normalized spacial score (nSPS) is 18.0. The largest absolute Gasteiger partial charge is 2.00 e. The Bertz CT molecular complexity index is 49.3. The maximum Gasteiger partial charge on any atom is 2.00 e. The first-order valence-electron chi connectivity index (χ1n) is 3.71. The van der Waals surface area contributed by atoms with Crippen LogP contribution in [0.1, 0.15) is 25.7 Å². The van der Waals surface area contributed by atoms with Gasteiger partial charge in [-0.1, -0.05) is 12.8 Å². The van der Waals surface area contributed by atoms with E-state index in [1.165, 1.54) is 25.7 Å². The minimum Gasteiger partial charge on any atom is -1.00 e. The molecule has 0 saturated carbocycles. The van der Waals surface area contributed by atoms with Crippen molar-refractivity contribution in [1.82, 2.24) is 16.4 Å². The van der Waals surface area contributed by atoms with E-state index < -0.39 is 0 Å². The van der Waals surface area contributed by atoms with E-state index >= 15 is 0 Å². The van der Waals surface area contributed by atoms with Gasteiger partial charge in [-0.15, -0.1) is 0 Å². The Morgan fingerprint density at radius 3 is 1.50 bits per heavy atom. The Morgan fingerprint density at radius 2 is 1.08 bits per heavy atom. The van der Waals surface area contributed by atoms with E-state index in [2.05, 4.69) is 16.4 Å². The Morgan fingerprint density at radius 1 is 0.667 bits per heavy atom. The third-order valence-electron chi connectivity index (χ3n) is 1.53. The molecule has 3 nitrogen and oxygen atoms in total. The molecule has 1 heterocycles. The molecular formula is C6H15Cl2CuN3. The number of nitrogens with one attached hydrogen (secondary N) is 3. The van der Waals surface area contributed by atoms with Crippen molar-refractivity contribution in [2.75, 3.05) is 13.1 Å². The van der Waals surface area contributed by atoms with Crippen LogP contribution in [0.15, 0.2) is 0 Å². The molecule has 0 amide bonds. The predicted octanol–water partition coefficient (Wildman–Crippen LogP) is -5.84. The number of hydrogen-bond acceptors (Lipinski definition) is 3. The first-order valence-corrected chi connectivity index (χ1v) is 3.71. The average Bonchev–Trinajstić information content (AvgIpc) is 2.00. The molecule has 3 N–H and O–H groups in total. The number of halogens is 2. The summed E-state index contributed by atoms with van der Waals surface area (Å²) < 4.78 is 0. The molecule has 1 radical (unpaired) electrons. The maximum absolute atomic E-state index is 3.07. The first-order chi connectivity index (χ1) is 4.50. The van der Waals surface area contributed by atoms with Gasteiger partial charge in [-0.3, -0.25) is 0 Å². The van der Waals surface area contributed by atoms with Crippen LogP contribution in [0, 0.1) is 0 Å². The molecule has 79 valence electrons. The molecule has 0 unspecified atom stereocenters. The maximum atomic E-state index is 3.07. The monoisotopic (exact) mass is 262 g/mol. The molecule has 6 heteroatoms. The zero-order valence-electron chi connectivity index (χ0n) is 6.80. The van der Waals surface area contributed by atoms with Gasteiger partial charge in [0.15, 0.2) is 0 Å². The van der Waals surface area contributed by atoms with Crippen LogP contribution >= 0.6 is 0 Å². The van der Waals surface area contributed by atoms with E-state index in [1.807, 2.05) is 0 Å². The molecule has 0 aromatic rings. The van der Waals surface area contributed by atoms with E-state index in [9.17, 15) is 0 Å². The fourth-order valence-corrected chi connectivity index (χ4v) is 0.968. The van der Waals surface area contributed by atoms with Crippen molar-refractivity contribution >= 4 is 0 Å². The van der Waals surface area contributed by atoms with Crippen LogP contribution in [-0.2, 0) is 17.1 Å². The van der Waals surface area contributed by atoms with Crippen molar-refractivity contribution < 1.29 is 41.9 Å². The summed E-state index contributed by atoms with van der Waals surface area (Å²) in [6, 6.07) is 0. The van der Waals surface area contributed by atoms with Crippen LogP contribution in [0.4, 0.5) is 0 Å². The molecule has 0 bridgehead atoms. The van der Waals surface area contributed by atoms with Crippen molar-refractivity contribution in [3.63, 3.8) is 0 Å². The van der Waals surface area contributed by atoms with Gasteiger partial charge in [0, 0.05) is 13.1 Å². The summed E-state index contributed by atoms with van der Waals surface area (Å²) in [4.78, 5) is 0. The zero-order chi connectivity index (χ0) is 6.36. The standard InChI is InChI=1S/C6H15N3.2ClH.Cu/c1-2-4-6-8-9-7-5-3-1;;;/h7-9H,1-6H2;2*1H;/q;;;+2/p-2. The molecule has 0 atom stereocenters. The van der Waals surface area contributed by atoms with Gasteiger partial charge in [0.1, 0.15) is 0 Å². The number of hydrazine groups is 2. The van der Waals surface area contributed by atoms with Gasteiger partial charge in [0.25, 0.3) is 0 Å². The van der Waals surface area contributed by atoms with Gasteiger partial charge in [-0.25, -0.2) is 10.9 Å². The van der Waals surface area contributed by atoms with Crippen LogP contribution in [0.2, 0.25) is 0 Å². The van der Waals surface area contributed by atoms with Gasteiger partial charge in [0.2, 0.25) is 0 Å². The third kappa shape index (κ3) is 11.0. The summed E-state index contributed by atoms with van der Waals surface area (Å²) in [5.41, 5.74) is 9.06. The fourth-order valence-electron chi connectivity index (χ4n) is 0.968. The van der Waals surface area contributed by atoms with Crippen molar-refractivity contribution in [2.24, 2.45) is 0 Å². The number of hydrogen-bond donors (Lipinski definition) is 3. The quantitative estimate of drug-likeness (QED) is 0.381. The topological polar surface area (TPSA) is 36.1 Å². The van der Waals surface area contributed by atoms with Crippen LogP contribution in [0.5, 0.6) is 0 Å². The second-order valence-electron chi connectivity index (χ2n) is 2.39. The van der Waals surface area contributed by atoms with E-state index in [4.69, 9.17) is 0 Å². The Balaban J connectivity index is -0.000000270. The van der Waals surface area contributed by atoms with Crippen LogP contribution in [0.3, 0.4) is 0 Å². The molecule has 0 aromatic heterocycles. The van der Waals surface area contributed by atoms with E-state index in [0.717, 1.165) is 13.1 Å². The van der Waals surface area contributed by atoms with Gasteiger partial charge in [-0.2, -0.15) is 5.53 Å². The summed E-state index contributed by atoms with van der Waals surface area (Å²) in [7, 11) is 0. The average molecular weight is 264 g/mol. The molecule has 1 fully saturated rings. The molecule has 1 aliphatic rings. The van der Waals surface area contributed by atoms with E-state index in [1.54, 1.807) is 0 Å². The Hall–Kier alpha value is 0.979. The minimum absolute atomic E-state index is 0. The summed E-state index contributed by atoms with van der Waals surface area (Å²) in [5.74, 6) is 0. The van der Waals surface area contributed by atoms with Gasteiger partial charge < -0.3 is 24.8 Å². The van der Waals surface area contributed by atoms with Crippen molar-refractivity contribution in [1.29, 1.82) is 0 Å². The first kappa shape index (κ1) is 18.7. The predicted molar refractivity (Wildman–Crippen MR) is 37.6 cm³/mol. The summed E-state index contributed by atoms with van der Waals surface area (Å²) in [6.07, 6.45) is 5.29. The summed E-state index contributed by atoms with van der Waals surface area (Å²) in [6.45, 7) is 2.15.